The molecule has 2 nitrogen and oxygen atoms in total. The number of alkyl halides is 2. The summed E-state index contributed by atoms with van der Waals surface area (Å²) in [5.74, 6) is -2.35. The molecule has 0 aromatic heterocycles. The maximum atomic E-state index is 10.5. The summed E-state index contributed by atoms with van der Waals surface area (Å²) < 4.78 is -1.28. The van der Waals surface area contributed by atoms with Crippen molar-refractivity contribution in [1.29, 1.82) is 0 Å². The standard InChI is InChI=1S/C6H4Cl4O2/c7-3(8)1-2-4(5(11)12)6(2,9)10/h1-2,4H,(H,11,12). The minimum Gasteiger partial charge on any atom is -0.481 e. The molecule has 0 aromatic carbocycles. The van der Waals surface area contributed by atoms with Crippen LogP contribution in [0.5, 0.6) is 0 Å². The molecular formula is C6H4Cl4O2. The zero-order valence-electron chi connectivity index (χ0n) is 5.60. The molecule has 0 aliphatic heterocycles. The van der Waals surface area contributed by atoms with E-state index >= 15 is 0 Å². The molecule has 0 spiro atoms. The summed E-state index contributed by atoms with van der Waals surface area (Å²) in [6.07, 6.45) is 1.34. The highest BCUT2D eigenvalue weighted by atomic mass is 35.5. The number of rotatable bonds is 2. The molecule has 2 unspecified atom stereocenters. The quantitative estimate of drug-likeness (QED) is 0.765. The van der Waals surface area contributed by atoms with Gasteiger partial charge in [-0.3, -0.25) is 4.79 Å². The van der Waals surface area contributed by atoms with E-state index in [1.807, 2.05) is 0 Å². The number of carbonyl (C=O) groups is 1. The van der Waals surface area contributed by atoms with Gasteiger partial charge in [0, 0.05) is 5.92 Å². The highest BCUT2D eigenvalue weighted by molar-refractivity contribution is 6.56. The molecule has 0 bridgehead atoms. The van der Waals surface area contributed by atoms with Gasteiger partial charge in [0.2, 0.25) is 0 Å². The van der Waals surface area contributed by atoms with E-state index in [2.05, 4.69) is 0 Å². The van der Waals surface area contributed by atoms with Crippen LogP contribution >= 0.6 is 46.4 Å². The Balaban J connectivity index is 2.73. The molecule has 6 heteroatoms. The predicted octanol–water partition coefficient (Wildman–Crippen LogP) is 2.81. The van der Waals surface area contributed by atoms with Crippen LogP contribution in [0.15, 0.2) is 10.6 Å². The first kappa shape index (κ1) is 10.5. The second-order valence-electron chi connectivity index (χ2n) is 2.47. The van der Waals surface area contributed by atoms with E-state index in [4.69, 9.17) is 51.5 Å². The number of allylic oxidation sites excluding steroid dienone is 1. The summed E-state index contributed by atoms with van der Waals surface area (Å²) in [5.41, 5.74) is 0. The van der Waals surface area contributed by atoms with Crippen LogP contribution in [0.1, 0.15) is 0 Å². The Kier molecular flexibility index (Phi) is 2.84. The molecule has 68 valence electrons. The summed E-state index contributed by atoms with van der Waals surface area (Å²) in [7, 11) is 0. The number of carboxylic acids is 1. The number of hydrogen-bond donors (Lipinski definition) is 1. The van der Waals surface area contributed by atoms with Crippen molar-refractivity contribution in [2.75, 3.05) is 0 Å². The summed E-state index contributed by atoms with van der Waals surface area (Å²) in [6.45, 7) is 0. The monoisotopic (exact) mass is 248 g/mol. The van der Waals surface area contributed by atoms with Gasteiger partial charge in [0.05, 0.1) is 5.92 Å². The van der Waals surface area contributed by atoms with Crippen molar-refractivity contribution in [3.8, 4) is 0 Å². The Morgan fingerprint density at radius 2 is 1.92 bits per heavy atom. The molecular weight excluding hydrogens is 246 g/mol. The van der Waals surface area contributed by atoms with Crippen LogP contribution in [0.3, 0.4) is 0 Å². The molecule has 1 N–H and O–H groups in total. The van der Waals surface area contributed by atoms with E-state index in [-0.39, 0.29) is 4.49 Å². The summed E-state index contributed by atoms with van der Waals surface area (Å²) in [4.78, 5) is 10.5. The number of aliphatic carboxylic acids is 1. The summed E-state index contributed by atoms with van der Waals surface area (Å²) >= 11 is 21.9. The molecule has 1 fully saturated rings. The van der Waals surface area contributed by atoms with Gasteiger partial charge in [0.1, 0.15) is 8.82 Å². The van der Waals surface area contributed by atoms with Gasteiger partial charge in [-0.15, -0.1) is 0 Å². The molecule has 1 aliphatic rings. The third kappa shape index (κ3) is 1.82. The van der Waals surface area contributed by atoms with Gasteiger partial charge in [-0.05, 0) is 6.08 Å². The van der Waals surface area contributed by atoms with Crippen molar-refractivity contribution in [3.63, 3.8) is 0 Å². The van der Waals surface area contributed by atoms with E-state index in [0.717, 1.165) is 0 Å². The normalized spacial score (nSPS) is 31.0. The molecule has 0 heterocycles. The highest BCUT2D eigenvalue weighted by Crippen LogP contribution is 2.60. The fraction of sp³-hybridized carbons (Fsp3) is 0.500. The first-order chi connectivity index (χ1) is 5.37. The number of hydrogen-bond acceptors (Lipinski definition) is 1. The Bertz CT molecular complexity index is 244. The van der Waals surface area contributed by atoms with Crippen molar-refractivity contribution >= 4 is 52.4 Å². The molecule has 1 rings (SSSR count). The van der Waals surface area contributed by atoms with E-state index in [1.165, 1.54) is 6.08 Å². The van der Waals surface area contributed by atoms with Crippen molar-refractivity contribution in [2.24, 2.45) is 11.8 Å². The second kappa shape index (κ2) is 3.26. The molecule has 0 aromatic rings. The lowest BCUT2D eigenvalue weighted by molar-refractivity contribution is -0.138. The van der Waals surface area contributed by atoms with Crippen molar-refractivity contribution < 1.29 is 9.90 Å². The average molecular weight is 250 g/mol. The van der Waals surface area contributed by atoms with Crippen LogP contribution in [0.4, 0.5) is 0 Å². The van der Waals surface area contributed by atoms with Crippen LogP contribution in [-0.4, -0.2) is 15.4 Å². The molecule has 0 saturated heterocycles. The van der Waals surface area contributed by atoms with E-state index in [0.29, 0.717) is 0 Å². The first-order valence-corrected chi connectivity index (χ1v) is 4.52. The van der Waals surface area contributed by atoms with Gasteiger partial charge in [-0.1, -0.05) is 46.4 Å². The van der Waals surface area contributed by atoms with Gasteiger partial charge in [0.25, 0.3) is 0 Å². The molecule has 1 saturated carbocycles. The molecule has 2 atom stereocenters. The lowest BCUT2D eigenvalue weighted by Crippen LogP contribution is -2.03. The van der Waals surface area contributed by atoms with E-state index in [9.17, 15) is 4.79 Å². The zero-order chi connectivity index (χ0) is 9.52. The van der Waals surface area contributed by atoms with Crippen molar-refractivity contribution in [3.05, 3.63) is 10.6 Å². The summed E-state index contributed by atoms with van der Waals surface area (Å²) in [5, 5.41) is 8.59. The smallest absolute Gasteiger partial charge is 0.310 e. The lowest BCUT2D eigenvalue weighted by Gasteiger charge is -1.90. The Labute approximate surface area is 89.0 Å². The van der Waals surface area contributed by atoms with Crippen LogP contribution in [0.2, 0.25) is 0 Å². The zero-order valence-corrected chi connectivity index (χ0v) is 8.62. The molecule has 1 aliphatic carbocycles. The topological polar surface area (TPSA) is 37.3 Å². The van der Waals surface area contributed by atoms with Gasteiger partial charge < -0.3 is 5.11 Å². The minimum absolute atomic E-state index is 0.0191. The number of halogens is 4. The van der Waals surface area contributed by atoms with Crippen LogP contribution < -0.4 is 0 Å². The average Bonchev–Trinajstić information content (AvgIpc) is 2.32. The molecule has 0 amide bonds. The van der Waals surface area contributed by atoms with Gasteiger partial charge in [-0.2, -0.15) is 0 Å². The van der Waals surface area contributed by atoms with Crippen LogP contribution in [0, 0.1) is 11.8 Å². The van der Waals surface area contributed by atoms with Crippen molar-refractivity contribution in [1.82, 2.24) is 0 Å². The fourth-order valence-electron chi connectivity index (χ4n) is 1.01. The number of carboxylic acid groups (broad SMARTS) is 1. The Hall–Kier alpha value is 0.370. The lowest BCUT2D eigenvalue weighted by atomic mass is 10.3. The second-order valence-corrected chi connectivity index (χ2v) is 4.92. The van der Waals surface area contributed by atoms with E-state index < -0.39 is 22.1 Å². The third-order valence-electron chi connectivity index (χ3n) is 1.68. The van der Waals surface area contributed by atoms with Crippen molar-refractivity contribution in [2.45, 2.75) is 4.33 Å². The Morgan fingerprint density at radius 3 is 2.17 bits per heavy atom. The maximum absolute atomic E-state index is 10.5. The van der Waals surface area contributed by atoms with Crippen LogP contribution in [-0.2, 0) is 4.79 Å². The van der Waals surface area contributed by atoms with Gasteiger partial charge in [0.15, 0.2) is 0 Å². The van der Waals surface area contributed by atoms with Gasteiger partial charge >= 0.3 is 5.97 Å². The highest BCUT2D eigenvalue weighted by Gasteiger charge is 2.66. The minimum atomic E-state index is -1.26. The maximum Gasteiger partial charge on any atom is 0.310 e. The summed E-state index contributed by atoms with van der Waals surface area (Å²) in [6, 6.07) is 0. The van der Waals surface area contributed by atoms with E-state index in [1.54, 1.807) is 0 Å². The molecule has 12 heavy (non-hydrogen) atoms. The largest absolute Gasteiger partial charge is 0.481 e. The predicted molar refractivity (Wildman–Crippen MR) is 48.8 cm³/mol. The molecule has 0 radical (unpaired) electrons. The fourth-order valence-corrected chi connectivity index (χ4v) is 1.99. The van der Waals surface area contributed by atoms with Gasteiger partial charge in [-0.25, -0.2) is 0 Å². The SMILES string of the molecule is O=C(O)C1C(C=C(Cl)Cl)C1(Cl)Cl. The first-order valence-electron chi connectivity index (χ1n) is 3.01. The van der Waals surface area contributed by atoms with Crippen LogP contribution in [0.25, 0.3) is 0 Å². The Morgan fingerprint density at radius 1 is 1.42 bits per heavy atom. The third-order valence-corrected chi connectivity index (χ3v) is 2.91.